The van der Waals surface area contributed by atoms with Crippen molar-refractivity contribution in [2.75, 3.05) is 0 Å². The molecular formula is C14H21N3O. The highest BCUT2D eigenvalue weighted by Gasteiger charge is 2.50. The van der Waals surface area contributed by atoms with Crippen LogP contribution in [0, 0.1) is 11.8 Å². The number of nitrogens with zero attached hydrogens (tertiary/aromatic N) is 1. The Morgan fingerprint density at radius 2 is 1.94 bits per heavy atom. The molecule has 1 aliphatic heterocycles. The maximum Gasteiger partial charge on any atom is 0.252 e. The summed E-state index contributed by atoms with van der Waals surface area (Å²) in [7, 11) is 0. The van der Waals surface area contributed by atoms with Gasteiger partial charge in [0.25, 0.3) is 5.91 Å². The van der Waals surface area contributed by atoms with Gasteiger partial charge in [-0.1, -0.05) is 6.42 Å². The summed E-state index contributed by atoms with van der Waals surface area (Å²) >= 11 is 0. The first-order valence-corrected chi connectivity index (χ1v) is 7.43. The molecule has 4 aliphatic rings. The molecule has 0 aromatic carbocycles. The van der Waals surface area contributed by atoms with E-state index in [0.717, 1.165) is 30.6 Å². The Kier molecular flexibility index (Phi) is 2.24. The lowest BCUT2D eigenvalue weighted by molar-refractivity contribution is -0.125. The number of carbonyl (C=O) groups excluding carboxylic acids is 1. The number of guanidine groups is 1. The molecule has 1 heterocycles. The number of hydrogen-bond acceptors (Lipinski definition) is 2. The van der Waals surface area contributed by atoms with Crippen LogP contribution in [0.5, 0.6) is 0 Å². The monoisotopic (exact) mass is 247 g/mol. The van der Waals surface area contributed by atoms with Gasteiger partial charge in [0.2, 0.25) is 0 Å². The van der Waals surface area contributed by atoms with E-state index in [0.29, 0.717) is 6.04 Å². The van der Waals surface area contributed by atoms with Crippen LogP contribution >= 0.6 is 0 Å². The molecule has 3 aliphatic carbocycles. The van der Waals surface area contributed by atoms with Crippen LogP contribution in [0.3, 0.4) is 0 Å². The van der Waals surface area contributed by atoms with E-state index in [1.165, 1.54) is 38.5 Å². The van der Waals surface area contributed by atoms with Crippen molar-refractivity contribution in [3.8, 4) is 0 Å². The zero-order valence-electron chi connectivity index (χ0n) is 10.7. The van der Waals surface area contributed by atoms with E-state index in [4.69, 9.17) is 0 Å². The van der Waals surface area contributed by atoms with E-state index in [-0.39, 0.29) is 11.4 Å². The number of aliphatic imine (C=N–C) groups is 1. The van der Waals surface area contributed by atoms with Crippen LogP contribution in [0.4, 0.5) is 0 Å². The van der Waals surface area contributed by atoms with Gasteiger partial charge in [-0.25, -0.2) is 4.99 Å². The van der Waals surface area contributed by atoms with Crippen LogP contribution in [-0.4, -0.2) is 23.4 Å². The minimum atomic E-state index is -0.320. The second-order valence-corrected chi connectivity index (χ2v) is 6.56. The standard InChI is InChI=1S/C14H21N3O/c18-12-14(17-13(16-12)15-11-5-6-11)7-1-2-10(8-14)9-3-4-9/h9-11H,1-8H2,(H2,15,16,17,18). The molecule has 0 radical (unpaired) electrons. The molecule has 1 spiro atoms. The molecule has 4 heteroatoms. The van der Waals surface area contributed by atoms with Crippen molar-refractivity contribution < 1.29 is 4.79 Å². The SMILES string of the molecule is O=C1NC(=NC2CC2)NC12CCCC(C1CC1)C2. The maximum absolute atomic E-state index is 12.3. The Balaban J connectivity index is 1.52. The van der Waals surface area contributed by atoms with Crippen molar-refractivity contribution in [2.24, 2.45) is 16.8 Å². The van der Waals surface area contributed by atoms with Crippen molar-refractivity contribution >= 4 is 11.9 Å². The van der Waals surface area contributed by atoms with E-state index < -0.39 is 0 Å². The van der Waals surface area contributed by atoms with Crippen molar-refractivity contribution in [3.63, 3.8) is 0 Å². The molecule has 2 unspecified atom stereocenters. The quantitative estimate of drug-likeness (QED) is 0.778. The van der Waals surface area contributed by atoms with Gasteiger partial charge in [-0.05, 0) is 56.8 Å². The zero-order valence-corrected chi connectivity index (χ0v) is 10.7. The van der Waals surface area contributed by atoms with Gasteiger partial charge in [0.15, 0.2) is 5.96 Å². The first-order valence-electron chi connectivity index (χ1n) is 7.43. The minimum Gasteiger partial charge on any atom is -0.342 e. The summed E-state index contributed by atoms with van der Waals surface area (Å²) in [5, 5.41) is 6.39. The third-order valence-corrected chi connectivity index (χ3v) is 4.96. The van der Waals surface area contributed by atoms with Crippen LogP contribution in [0.1, 0.15) is 51.4 Å². The molecular weight excluding hydrogens is 226 g/mol. The third-order valence-electron chi connectivity index (χ3n) is 4.96. The number of nitrogens with one attached hydrogen (secondary N) is 2. The van der Waals surface area contributed by atoms with Gasteiger partial charge in [0.1, 0.15) is 5.54 Å². The lowest BCUT2D eigenvalue weighted by Gasteiger charge is -2.35. The molecule has 0 aromatic heterocycles. The summed E-state index contributed by atoms with van der Waals surface area (Å²) in [4.78, 5) is 16.8. The average Bonchev–Trinajstić information content (AvgIpc) is 3.23. The van der Waals surface area contributed by atoms with E-state index in [2.05, 4.69) is 15.6 Å². The Hall–Kier alpha value is -1.06. The summed E-state index contributed by atoms with van der Waals surface area (Å²) in [6, 6.07) is 0.464. The number of amides is 1. The number of rotatable bonds is 2. The van der Waals surface area contributed by atoms with Gasteiger partial charge in [0.05, 0.1) is 6.04 Å². The second kappa shape index (κ2) is 3.72. The lowest BCUT2D eigenvalue weighted by atomic mass is 9.74. The molecule has 4 fully saturated rings. The van der Waals surface area contributed by atoms with Gasteiger partial charge < -0.3 is 5.32 Å². The molecule has 2 atom stereocenters. The Morgan fingerprint density at radius 1 is 1.11 bits per heavy atom. The Bertz CT molecular complexity index is 411. The fraction of sp³-hybridized carbons (Fsp3) is 0.857. The smallest absolute Gasteiger partial charge is 0.252 e. The predicted molar refractivity (Wildman–Crippen MR) is 69.1 cm³/mol. The average molecular weight is 247 g/mol. The molecule has 0 bridgehead atoms. The van der Waals surface area contributed by atoms with Crippen LogP contribution in [0.2, 0.25) is 0 Å². The molecule has 1 amide bonds. The third kappa shape index (κ3) is 1.82. The topological polar surface area (TPSA) is 53.5 Å². The minimum absolute atomic E-state index is 0.173. The molecule has 3 saturated carbocycles. The summed E-state index contributed by atoms with van der Waals surface area (Å²) in [6.07, 6.45) is 9.61. The predicted octanol–water partition coefficient (Wildman–Crippen LogP) is 1.56. The van der Waals surface area contributed by atoms with Crippen molar-refractivity contribution in [1.29, 1.82) is 0 Å². The molecule has 2 N–H and O–H groups in total. The summed E-state index contributed by atoms with van der Waals surface area (Å²) < 4.78 is 0. The normalized spacial score (nSPS) is 42.1. The van der Waals surface area contributed by atoms with Crippen LogP contribution in [0.15, 0.2) is 4.99 Å². The van der Waals surface area contributed by atoms with E-state index in [1.54, 1.807) is 0 Å². The van der Waals surface area contributed by atoms with E-state index in [9.17, 15) is 4.79 Å². The van der Waals surface area contributed by atoms with Crippen molar-refractivity contribution in [3.05, 3.63) is 0 Å². The van der Waals surface area contributed by atoms with Gasteiger partial charge in [0, 0.05) is 0 Å². The largest absolute Gasteiger partial charge is 0.342 e. The fourth-order valence-corrected chi connectivity index (χ4v) is 3.60. The van der Waals surface area contributed by atoms with Gasteiger partial charge in [-0.15, -0.1) is 0 Å². The van der Waals surface area contributed by atoms with E-state index in [1.807, 2.05) is 0 Å². The van der Waals surface area contributed by atoms with E-state index >= 15 is 0 Å². The van der Waals surface area contributed by atoms with Gasteiger partial charge >= 0.3 is 0 Å². The Labute approximate surface area is 108 Å². The highest BCUT2D eigenvalue weighted by Crippen LogP contribution is 2.47. The van der Waals surface area contributed by atoms with Crippen LogP contribution in [0.25, 0.3) is 0 Å². The molecule has 4 nitrogen and oxygen atoms in total. The molecule has 1 saturated heterocycles. The van der Waals surface area contributed by atoms with Crippen molar-refractivity contribution in [1.82, 2.24) is 10.6 Å². The summed E-state index contributed by atoms with van der Waals surface area (Å²) in [6.45, 7) is 0. The number of carbonyl (C=O) groups is 1. The highest BCUT2D eigenvalue weighted by molar-refractivity contribution is 6.09. The fourth-order valence-electron chi connectivity index (χ4n) is 3.60. The van der Waals surface area contributed by atoms with Crippen LogP contribution < -0.4 is 10.6 Å². The van der Waals surface area contributed by atoms with Gasteiger partial charge in [-0.3, -0.25) is 10.1 Å². The number of hydrogen-bond donors (Lipinski definition) is 2. The second-order valence-electron chi connectivity index (χ2n) is 6.56. The lowest BCUT2D eigenvalue weighted by Crippen LogP contribution is -2.50. The first kappa shape index (κ1) is 10.8. The Morgan fingerprint density at radius 3 is 2.67 bits per heavy atom. The zero-order chi connectivity index (χ0) is 12.2. The van der Waals surface area contributed by atoms with Gasteiger partial charge in [-0.2, -0.15) is 0 Å². The molecule has 18 heavy (non-hydrogen) atoms. The maximum atomic E-state index is 12.3. The molecule has 98 valence electrons. The van der Waals surface area contributed by atoms with Crippen molar-refractivity contribution in [2.45, 2.75) is 62.9 Å². The highest BCUT2D eigenvalue weighted by atomic mass is 16.2. The molecule has 4 rings (SSSR count). The first-order chi connectivity index (χ1) is 8.75. The molecule has 0 aromatic rings. The van der Waals surface area contributed by atoms with Crippen LogP contribution in [-0.2, 0) is 4.79 Å². The summed E-state index contributed by atoms with van der Waals surface area (Å²) in [5.41, 5.74) is -0.320. The summed E-state index contributed by atoms with van der Waals surface area (Å²) in [5.74, 6) is 2.59.